The number of hydrogen-bond acceptors (Lipinski definition) is 4. The van der Waals surface area contributed by atoms with Crippen molar-refractivity contribution >= 4 is 0 Å². The highest BCUT2D eigenvalue weighted by molar-refractivity contribution is 4.78. The van der Waals surface area contributed by atoms with E-state index in [1.807, 2.05) is 20.8 Å². The van der Waals surface area contributed by atoms with E-state index in [1.165, 1.54) is 32.1 Å². The maximum atomic E-state index is 8.91. The molecule has 4 heteroatoms. The summed E-state index contributed by atoms with van der Waals surface area (Å²) < 4.78 is 0. The Bertz CT molecular complexity index is 209. The monoisotopic (exact) mass is 304 g/mol. The largest absolute Gasteiger partial charge is 0.394 e. The van der Waals surface area contributed by atoms with Crippen molar-refractivity contribution in [2.24, 2.45) is 11.5 Å². The van der Waals surface area contributed by atoms with Gasteiger partial charge in [0, 0.05) is 11.1 Å². The van der Waals surface area contributed by atoms with Gasteiger partial charge in [-0.1, -0.05) is 59.3 Å². The molecule has 130 valence electrons. The Balaban J connectivity index is 0. The average molecular weight is 305 g/mol. The van der Waals surface area contributed by atoms with Gasteiger partial charge in [0.05, 0.1) is 13.2 Å². The molecule has 0 aromatic rings. The fraction of sp³-hybridized carbons (Fsp3) is 1.00. The summed E-state index contributed by atoms with van der Waals surface area (Å²) in [7, 11) is 0. The molecule has 4 nitrogen and oxygen atoms in total. The van der Waals surface area contributed by atoms with Crippen LogP contribution in [0, 0.1) is 0 Å². The molecule has 1 atom stereocenters. The molecule has 0 aromatic carbocycles. The van der Waals surface area contributed by atoms with E-state index in [-0.39, 0.29) is 24.3 Å². The maximum absolute atomic E-state index is 8.91. The quantitative estimate of drug-likeness (QED) is 0.442. The summed E-state index contributed by atoms with van der Waals surface area (Å²) in [6, 6.07) is 0. The average Bonchev–Trinajstić information content (AvgIpc) is 2.50. The summed E-state index contributed by atoms with van der Waals surface area (Å²) in [6.45, 7) is 8.31. The predicted molar refractivity (Wildman–Crippen MR) is 92.3 cm³/mol. The zero-order chi connectivity index (χ0) is 16.8. The first-order chi connectivity index (χ1) is 9.80. The van der Waals surface area contributed by atoms with Gasteiger partial charge in [0.15, 0.2) is 0 Å². The van der Waals surface area contributed by atoms with Crippen molar-refractivity contribution in [1.29, 1.82) is 0 Å². The lowest BCUT2D eigenvalue weighted by Gasteiger charge is -2.22. The Kier molecular flexibility index (Phi) is 14.9. The minimum atomic E-state index is -0.356. The summed E-state index contributed by atoms with van der Waals surface area (Å²) >= 11 is 0. The van der Waals surface area contributed by atoms with Gasteiger partial charge in [-0.15, -0.1) is 0 Å². The van der Waals surface area contributed by atoms with E-state index in [4.69, 9.17) is 21.7 Å². The molecule has 0 spiro atoms. The molecule has 0 saturated carbocycles. The lowest BCUT2D eigenvalue weighted by molar-refractivity contribution is 0.187. The number of aliphatic hydroxyl groups is 2. The van der Waals surface area contributed by atoms with E-state index in [1.54, 1.807) is 0 Å². The fourth-order valence-corrected chi connectivity index (χ4v) is 1.86. The van der Waals surface area contributed by atoms with Crippen LogP contribution in [0.4, 0.5) is 0 Å². The Hall–Kier alpha value is -0.160. The smallest absolute Gasteiger partial charge is 0.0610 e. The van der Waals surface area contributed by atoms with Gasteiger partial charge >= 0.3 is 0 Å². The van der Waals surface area contributed by atoms with Crippen molar-refractivity contribution in [2.75, 3.05) is 13.2 Å². The third-order valence-electron chi connectivity index (χ3n) is 4.19. The normalized spacial score (nSPS) is 14.3. The molecule has 0 heterocycles. The molecule has 0 aliphatic carbocycles. The topological polar surface area (TPSA) is 92.5 Å². The summed E-state index contributed by atoms with van der Waals surface area (Å²) in [4.78, 5) is 0. The van der Waals surface area contributed by atoms with Crippen molar-refractivity contribution in [1.82, 2.24) is 0 Å². The molecule has 0 aromatic heterocycles. The molecule has 1 unspecified atom stereocenters. The molecular formula is C17H40N2O2. The SMILES string of the molecule is CCC(N)(CC)CO.CCCCCCCCC(C)(N)CO. The lowest BCUT2D eigenvalue weighted by Crippen LogP contribution is -2.42. The summed E-state index contributed by atoms with van der Waals surface area (Å²) in [5, 5.41) is 17.6. The van der Waals surface area contributed by atoms with Crippen molar-refractivity contribution in [3.05, 3.63) is 0 Å². The first-order valence-corrected chi connectivity index (χ1v) is 8.60. The minimum Gasteiger partial charge on any atom is -0.394 e. The molecule has 0 fully saturated rings. The number of aliphatic hydroxyl groups excluding tert-OH is 2. The van der Waals surface area contributed by atoms with Crippen LogP contribution in [0.15, 0.2) is 0 Å². The van der Waals surface area contributed by atoms with Gasteiger partial charge in [0.1, 0.15) is 0 Å². The van der Waals surface area contributed by atoms with Crippen LogP contribution in [0.2, 0.25) is 0 Å². The molecular weight excluding hydrogens is 264 g/mol. The van der Waals surface area contributed by atoms with Crippen LogP contribution >= 0.6 is 0 Å². The van der Waals surface area contributed by atoms with E-state index in [9.17, 15) is 0 Å². The molecule has 21 heavy (non-hydrogen) atoms. The number of unbranched alkanes of at least 4 members (excludes halogenated alkanes) is 5. The van der Waals surface area contributed by atoms with Crippen LogP contribution in [0.3, 0.4) is 0 Å². The van der Waals surface area contributed by atoms with Gasteiger partial charge in [-0.3, -0.25) is 0 Å². The van der Waals surface area contributed by atoms with E-state index < -0.39 is 0 Å². The Morgan fingerprint density at radius 3 is 1.57 bits per heavy atom. The second kappa shape index (κ2) is 13.5. The highest BCUT2D eigenvalue weighted by Gasteiger charge is 2.17. The molecule has 0 rings (SSSR count). The van der Waals surface area contributed by atoms with Gasteiger partial charge in [-0.25, -0.2) is 0 Å². The van der Waals surface area contributed by atoms with Gasteiger partial charge in [-0.2, -0.15) is 0 Å². The fourth-order valence-electron chi connectivity index (χ4n) is 1.86. The van der Waals surface area contributed by atoms with Crippen LogP contribution in [0.5, 0.6) is 0 Å². The van der Waals surface area contributed by atoms with Crippen molar-refractivity contribution < 1.29 is 10.2 Å². The zero-order valence-corrected chi connectivity index (χ0v) is 14.8. The van der Waals surface area contributed by atoms with Crippen molar-refractivity contribution in [3.63, 3.8) is 0 Å². The number of hydrogen-bond donors (Lipinski definition) is 4. The third-order valence-corrected chi connectivity index (χ3v) is 4.19. The molecule has 0 amide bonds. The minimum absolute atomic E-state index is 0.0972. The number of nitrogens with two attached hydrogens (primary N) is 2. The van der Waals surface area contributed by atoms with Gasteiger partial charge in [0.25, 0.3) is 0 Å². The highest BCUT2D eigenvalue weighted by atomic mass is 16.3. The third kappa shape index (κ3) is 14.5. The van der Waals surface area contributed by atoms with E-state index in [0.717, 1.165) is 25.7 Å². The molecule has 0 radical (unpaired) electrons. The van der Waals surface area contributed by atoms with E-state index in [2.05, 4.69) is 6.92 Å². The number of rotatable bonds is 11. The molecule has 0 bridgehead atoms. The predicted octanol–water partition coefficient (Wildman–Crippen LogP) is 2.94. The van der Waals surface area contributed by atoms with Crippen LogP contribution in [-0.2, 0) is 0 Å². The summed E-state index contributed by atoms with van der Waals surface area (Å²) in [6.07, 6.45) is 10.3. The summed E-state index contributed by atoms with van der Waals surface area (Å²) in [5.74, 6) is 0. The maximum Gasteiger partial charge on any atom is 0.0610 e. The van der Waals surface area contributed by atoms with Crippen LogP contribution in [0.25, 0.3) is 0 Å². The van der Waals surface area contributed by atoms with Crippen molar-refractivity contribution in [3.8, 4) is 0 Å². The second-order valence-electron chi connectivity index (χ2n) is 6.56. The van der Waals surface area contributed by atoms with Crippen LogP contribution < -0.4 is 11.5 Å². The lowest BCUT2D eigenvalue weighted by atomic mass is 9.96. The second-order valence-corrected chi connectivity index (χ2v) is 6.56. The first-order valence-electron chi connectivity index (χ1n) is 8.60. The zero-order valence-electron chi connectivity index (χ0n) is 14.8. The van der Waals surface area contributed by atoms with Crippen molar-refractivity contribution in [2.45, 2.75) is 96.6 Å². The van der Waals surface area contributed by atoms with E-state index in [0.29, 0.717) is 0 Å². The Labute approximate surface area is 132 Å². The highest BCUT2D eigenvalue weighted by Crippen LogP contribution is 2.13. The van der Waals surface area contributed by atoms with Gasteiger partial charge in [0.2, 0.25) is 0 Å². The van der Waals surface area contributed by atoms with E-state index >= 15 is 0 Å². The molecule has 0 aliphatic heterocycles. The standard InChI is InChI=1S/C11H25NO.C6H15NO/c1-3-4-5-6-7-8-9-11(2,12)10-13;1-3-6(7,4-2)5-8/h13H,3-10,12H2,1-2H3;8H,3-5,7H2,1-2H3. The van der Waals surface area contributed by atoms with Gasteiger partial charge < -0.3 is 21.7 Å². The van der Waals surface area contributed by atoms with Gasteiger partial charge in [-0.05, 0) is 26.2 Å². The first kappa shape index (κ1) is 23.1. The molecule has 0 aliphatic rings. The Morgan fingerprint density at radius 1 is 0.762 bits per heavy atom. The van der Waals surface area contributed by atoms with Crippen LogP contribution in [0.1, 0.15) is 85.5 Å². The van der Waals surface area contributed by atoms with Crippen LogP contribution in [-0.4, -0.2) is 34.5 Å². The molecule has 0 saturated heterocycles. The Morgan fingerprint density at radius 2 is 1.24 bits per heavy atom. The molecule has 6 N–H and O–H groups in total. The summed E-state index contributed by atoms with van der Waals surface area (Å²) in [5.41, 5.74) is 10.8.